The Morgan fingerprint density at radius 3 is 2.67 bits per heavy atom. The molecule has 2 aromatic heterocycles. The second-order valence-electron chi connectivity index (χ2n) is 3.91. The zero-order chi connectivity index (χ0) is 15.3. The van der Waals surface area contributed by atoms with E-state index in [0.29, 0.717) is 16.8 Å². The molecule has 0 aliphatic rings. The summed E-state index contributed by atoms with van der Waals surface area (Å²) in [5, 5.41) is 6.65. The molecule has 6 nitrogen and oxygen atoms in total. The van der Waals surface area contributed by atoms with Gasteiger partial charge in [0.1, 0.15) is 6.54 Å². The van der Waals surface area contributed by atoms with Crippen LogP contribution in [0.3, 0.4) is 0 Å². The number of thiazole rings is 1. The summed E-state index contributed by atoms with van der Waals surface area (Å²) in [5.74, 6) is -0.389. The van der Waals surface area contributed by atoms with E-state index in [1.807, 2.05) is 0 Å². The van der Waals surface area contributed by atoms with Gasteiger partial charge in [0.15, 0.2) is 5.13 Å². The van der Waals surface area contributed by atoms with E-state index in [4.69, 9.17) is 0 Å². The lowest BCUT2D eigenvalue weighted by atomic mass is 10.3. The zero-order valence-electron chi connectivity index (χ0n) is 10.5. The van der Waals surface area contributed by atoms with E-state index < -0.39 is 18.6 Å². The number of rotatable bonds is 5. The molecule has 2 rings (SSSR count). The van der Waals surface area contributed by atoms with Crippen LogP contribution in [-0.2, 0) is 11.2 Å². The summed E-state index contributed by atoms with van der Waals surface area (Å²) in [6, 6.07) is 1.66. The van der Waals surface area contributed by atoms with E-state index in [0.717, 1.165) is 0 Å². The molecule has 0 bridgehead atoms. The van der Waals surface area contributed by atoms with Crippen LogP contribution in [-0.4, -0.2) is 33.6 Å². The third-order valence-corrected chi connectivity index (χ3v) is 2.97. The highest BCUT2D eigenvalue weighted by Gasteiger charge is 2.27. The van der Waals surface area contributed by atoms with Crippen molar-refractivity contribution in [3.63, 3.8) is 0 Å². The number of amides is 1. The van der Waals surface area contributed by atoms with Crippen LogP contribution in [0.1, 0.15) is 5.69 Å². The molecule has 0 aromatic carbocycles. The van der Waals surface area contributed by atoms with Crippen LogP contribution in [0.25, 0.3) is 0 Å². The molecule has 0 unspecified atom stereocenters. The predicted octanol–water partition coefficient (Wildman–Crippen LogP) is 1.90. The maximum absolute atomic E-state index is 11.9. The molecule has 0 atom stereocenters. The predicted molar refractivity (Wildman–Crippen MR) is 70.2 cm³/mol. The van der Waals surface area contributed by atoms with Gasteiger partial charge >= 0.3 is 6.18 Å². The van der Waals surface area contributed by atoms with E-state index >= 15 is 0 Å². The van der Waals surface area contributed by atoms with E-state index in [1.54, 1.807) is 29.2 Å². The standard InChI is InChI=1S/C11H10F3N5OS/c12-11(13,14)6-17-8(20)4-7-5-21-10(18-7)19-9-15-2-1-3-16-9/h1-3,5H,4,6H2,(H,17,20)(H,15,16,18,19). The fourth-order valence-electron chi connectivity index (χ4n) is 1.33. The number of nitrogens with zero attached hydrogens (tertiary/aromatic N) is 3. The molecule has 2 N–H and O–H groups in total. The lowest BCUT2D eigenvalue weighted by Gasteiger charge is -2.07. The van der Waals surface area contributed by atoms with Gasteiger partial charge in [0.05, 0.1) is 12.1 Å². The van der Waals surface area contributed by atoms with E-state index in [2.05, 4.69) is 20.3 Å². The molecule has 0 aliphatic heterocycles. The van der Waals surface area contributed by atoms with Crippen molar-refractivity contribution in [1.82, 2.24) is 20.3 Å². The summed E-state index contributed by atoms with van der Waals surface area (Å²) in [6.45, 7) is -1.35. The van der Waals surface area contributed by atoms with Gasteiger partial charge in [-0.05, 0) is 6.07 Å². The summed E-state index contributed by atoms with van der Waals surface area (Å²) in [6.07, 6.45) is -1.54. The molecule has 10 heteroatoms. The van der Waals surface area contributed by atoms with Gasteiger partial charge in [-0.15, -0.1) is 11.3 Å². The molecule has 2 aromatic rings. The van der Waals surface area contributed by atoms with Gasteiger partial charge in [-0.2, -0.15) is 13.2 Å². The van der Waals surface area contributed by atoms with E-state index in [1.165, 1.54) is 11.3 Å². The Balaban J connectivity index is 1.87. The normalized spacial score (nSPS) is 11.2. The van der Waals surface area contributed by atoms with Gasteiger partial charge < -0.3 is 10.6 Å². The van der Waals surface area contributed by atoms with Crippen LogP contribution in [0.2, 0.25) is 0 Å². The second-order valence-corrected chi connectivity index (χ2v) is 4.77. The molecular formula is C11H10F3N5OS. The summed E-state index contributed by atoms with van der Waals surface area (Å²) in [7, 11) is 0. The van der Waals surface area contributed by atoms with Crippen molar-refractivity contribution in [1.29, 1.82) is 0 Å². The van der Waals surface area contributed by atoms with Gasteiger partial charge in [-0.1, -0.05) is 0 Å². The van der Waals surface area contributed by atoms with Crippen LogP contribution in [0.4, 0.5) is 24.3 Å². The molecule has 0 saturated heterocycles. The van der Waals surface area contributed by atoms with Crippen molar-refractivity contribution in [2.75, 3.05) is 11.9 Å². The molecule has 0 saturated carbocycles. The Labute approximate surface area is 121 Å². The van der Waals surface area contributed by atoms with Crippen molar-refractivity contribution < 1.29 is 18.0 Å². The number of hydrogen-bond acceptors (Lipinski definition) is 6. The topological polar surface area (TPSA) is 79.8 Å². The number of carbonyl (C=O) groups is 1. The lowest BCUT2D eigenvalue weighted by Crippen LogP contribution is -2.34. The number of nitrogens with one attached hydrogen (secondary N) is 2. The third-order valence-electron chi connectivity index (χ3n) is 2.16. The van der Waals surface area contributed by atoms with Crippen molar-refractivity contribution in [2.24, 2.45) is 0 Å². The number of alkyl halides is 3. The van der Waals surface area contributed by atoms with Gasteiger partial charge in [-0.25, -0.2) is 15.0 Å². The first-order valence-electron chi connectivity index (χ1n) is 5.74. The third kappa shape index (κ3) is 5.34. The molecule has 21 heavy (non-hydrogen) atoms. The minimum absolute atomic E-state index is 0.218. The SMILES string of the molecule is O=C(Cc1csc(Nc2ncccn2)n1)NCC(F)(F)F. The van der Waals surface area contributed by atoms with Crippen LogP contribution >= 0.6 is 11.3 Å². The van der Waals surface area contributed by atoms with Crippen LogP contribution in [0.15, 0.2) is 23.8 Å². The molecule has 0 aliphatic carbocycles. The Kier molecular flexibility index (Phi) is 4.68. The number of carbonyl (C=O) groups excluding carboxylic acids is 1. The number of aromatic nitrogens is 3. The number of anilines is 2. The quantitative estimate of drug-likeness (QED) is 0.880. The van der Waals surface area contributed by atoms with Gasteiger partial charge in [0, 0.05) is 17.8 Å². The molecule has 112 valence electrons. The van der Waals surface area contributed by atoms with Crippen LogP contribution in [0, 0.1) is 0 Å². The Hall–Kier alpha value is -2.23. The van der Waals surface area contributed by atoms with E-state index in [9.17, 15) is 18.0 Å². The molecule has 0 radical (unpaired) electrons. The number of hydrogen-bond donors (Lipinski definition) is 2. The fraction of sp³-hybridized carbons (Fsp3) is 0.273. The minimum Gasteiger partial charge on any atom is -0.347 e. The van der Waals surface area contributed by atoms with Crippen molar-refractivity contribution >= 4 is 28.3 Å². The smallest absolute Gasteiger partial charge is 0.347 e. The summed E-state index contributed by atoms with van der Waals surface area (Å²) in [5.41, 5.74) is 0.373. The molecule has 2 heterocycles. The van der Waals surface area contributed by atoms with Gasteiger partial charge in [0.25, 0.3) is 0 Å². The largest absolute Gasteiger partial charge is 0.405 e. The average Bonchev–Trinajstić information content (AvgIpc) is 2.84. The molecule has 0 spiro atoms. The summed E-state index contributed by atoms with van der Waals surface area (Å²) >= 11 is 1.21. The first kappa shape index (κ1) is 15.2. The first-order valence-corrected chi connectivity index (χ1v) is 6.62. The first-order chi connectivity index (χ1) is 9.92. The number of halogens is 3. The summed E-state index contributed by atoms with van der Waals surface area (Å²) < 4.78 is 35.8. The highest BCUT2D eigenvalue weighted by molar-refractivity contribution is 7.13. The van der Waals surface area contributed by atoms with Crippen LogP contribution < -0.4 is 10.6 Å². The van der Waals surface area contributed by atoms with E-state index in [-0.39, 0.29) is 6.42 Å². The van der Waals surface area contributed by atoms with Crippen LogP contribution in [0.5, 0.6) is 0 Å². The Bertz CT molecular complexity index is 601. The minimum atomic E-state index is -4.42. The Morgan fingerprint density at radius 1 is 1.29 bits per heavy atom. The molecule has 0 fully saturated rings. The van der Waals surface area contributed by atoms with Gasteiger partial charge in [0.2, 0.25) is 11.9 Å². The van der Waals surface area contributed by atoms with Crippen molar-refractivity contribution in [3.05, 3.63) is 29.5 Å². The maximum Gasteiger partial charge on any atom is 0.405 e. The lowest BCUT2D eigenvalue weighted by molar-refractivity contribution is -0.138. The van der Waals surface area contributed by atoms with Crippen molar-refractivity contribution in [3.8, 4) is 0 Å². The summed E-state index contributed by atoms with van der Waals surface area (Å²) in [4.78, 5) is 23.3. The monoisotopic (exact) mass is 317 g/mol. The highest BCUT2D eigenvalue weighted by atomic mass is 32.1. The highest BCUT2D eigenvalue weighted by Crippen LogP contribution is 2.18. The molecular weight excluding hydrogens is 307 g/mol. The Morgan fingerprint density at radius 2 is 2.00 bits per heavy atom. The van der Waals surface area contributed by atoms with Crippen molar-refractivity contribution in [2.45, 2.75) is 12.6 Å². The zero-order valence-corrected chi connectivity index (χ0v) is 11.3. The molecule has 1 amide bonds. The van der Waals surface area contributed by atoms with Gasteiger partial charge in [-0.3, -0.25) is 4.79 Å². The fourth-order valence-corrected chi connectivity index (χ4v) is 2.03. The average molecular weight is 317 g/mol. The second kappa shape index (κ2) is 6.48. The maximum atomic E-state index is 11.9.